The molecule has 14 heavy (non-hydrogen) atoms. The minimum atomic E-state index is -4.57. The Kier molecular flexibility index (Phi) is 2.88. The van der Waals surface area contributed by atoms with E-state index in [9.17, 15) is 13.2 Å². The lowest BCUT2D eigenvalue weighted by Gasteiger charge is -2.08. The molecule has 0 heterocycles. The van der Waals surface area contributed by atoms with E-state index in [1.54, 1.807) is 0 Å². The average molecular weight is 219 g/mol. The van der Waals surface area contributed by atoms with E-state index in [0.29, 0.717) is 0 Å². The van der Waals surface area contributed by atoms with Gasteiger partial charge < -0.3 is 5.11 Å². The van der Waals surface area contributed by atoms with E-state index in [1.807, 2.05) is 5.16 Å². The van der Waals surface area contributed by atoms with Crippen molar-refractivity contribution in [2.45, 2.75) is 6.18 Å². The Morgan fingerprint density at radius 1 is 1.36 bits per heavy atom. The van der Waals surface area contributed by atoms with Gasteiger partial charge in [-0.15, -0.1) is 0 Å². The van der Waals surface area contributed by atoms with E-state index in [4.69, 9.17) is 5.11 Å². The van der Waals surface area contributed by atoms with Crippen LogP contribution in [0.5, 0.6) is 5.75 Å². The van der Waals surface area contributed by atoms with Crippen LogP contribution in [0, 0.1) is 0 Å². The van der Waals surface area contributed by atoms with Gasteiger partial charge in [0.2, 0.25) is 0 Å². The molecule has 0 bridgehead atoms. The minimum absolute atomic E-state index is 0.130. The zero-order valence-electron chi connectivity index (χ0n) is 6.67. The molecule has 74 valence electrons. The van der Waals surface area contributed by atoms with Crippen LogP contribution in [0.15, 0.2) is 23.2 Å². The van der Waals surface area contributed by atoms with Crippen LogP contribution in [0.4, 0.5) is 18.9 Å². The van der Waals surface area contributed by atoms with E-state index >= 15 is 0 Å². The van der Waals surface area contributed by atoms with Gasteiger partial charge in [-0.2, -0.15) is 18.2 Å². The number of isothiocyanates is 1. The lowest BCUT2D eigenvalue weighted by Crippen LogP contribution is -2.04. The molecule has 0 fully saturated rings. The fourth-order valence-electron chi connectivity index (χ4n) is 0.882. The van der Waals surface area contributed by atoms with Gasteiger partial charge in [0, 0.05) is 6.07 Å². The van der Waals surface area contributed by atoms with Crippen LogP contribution in [0.25, 0.3) is 0 Å². The summed E-state index contributed by atoms with van der Waals surface area (Å²) in [5, 5.41) is 11.0. The molecular weight excluding hydrogens is 215 g/mol. The third-order valence-electron chi connectivity index (χ3n) is 1.46. The summed E-state index contributed by atoms with van der Waals surface area (Å²) in [4.78, 5) is 3.43. The van der Waals surface area contributed by atoms with Gasteiger partial charge in [0.1, 0.15) is 5.75 Å². The Morgan fingerprint density at radius 3 is 2.43 bits per heavy atom. The molecule has 0 saturated heterocycles. The number of alkyl halides is 3. The first kappa shape index (κ1) is 10.7. The molecule has 0 aliphatic rings. The van der Waals surface area contributed by atoms with Gasteiger partial charge in [-0.25, -0.2) is 0 Å². The van der Waals surface area contributed by atoms with Gasteiger partial charge in [-0.05, 0) is 24.4 Å². The monoisotopic (exact) mass is 219 g/mol. The second-order valence-electron chi connectivity index (χ2n) is 2.40. The zero-order chi connectivity index (χ0) is 10.8. The van der Waals surface area contributed by atoms with Crippen LogP contribution < -0.4 is 0 Å². The molecule has 1 rings (SSSR count). The smallest absolute Gasteiger partial charge is 0.419 e. The lowest BCUT2D eigenvalue weighted by molar-refractivity contribution is -0.138. The quantitative estimate of drug-likeness (QED) is 0.581. The van der Waals surface area contributed by atoms with Gasteiger partial charge in [0.25, 0.3) is 0 Å². The van der Waals surface area contributed by atoms with Crippen molar-refractivity contribution in [2.24, 2.45) is 4.99 Å². The van der Waals surface area contributed by atoms with Gasteiger partial charge in [0.05, 0.1) is 16.4 Å². The molecular formula is C8H4F3NOS. The number of hydrogen-bond donors (Lipinski definition) is 1. The maximum atomic E-state index is 12.1. The summed E-state index contributed by atoms with van der Waals surface area (Å²) in [7, 11) is 0. The minimum Gasteiger partial charge on any atom is -0.507 e. The predicted octanol–water partition coefficient (Wildman–Crippen LogP) is 3.15. The highest BCUT2D eigenvalue weighted by molar-refractivity contribution is 7.78. The summed E-state index contributed by atoms with van der Waals surface area (Å²) >= 11 is 4.26. The third kappa shape index (κ3) is 2.31. The SMILES string of the molecule is Oc1cc(N=C=S)ccc1C(F)(F)F. The fourth-order valence-corrected chi connectivity index (χ4v) is 0.987. The molecule has 0 unspecified atom stereocenters. The molecule has 0 spiro atoms. The molecule has 1 N–H and O–H groups in total. The summed E-state index contributed by atoms with van der Waals surface area (Å²) in [6, 6.07) is 2.71. The molecule has 0 radical (unpaired) electrons. The molecule has 1 aromatic rings. The highest BCUT2D eigenvalue weighted by atomic mass is 32.1. The molecule has 0 aliphatic carbocycles. The molecule has 0 atom stereocenters. The van der Waals surface area contributed by atoms with Crippen molar-refractivity contribution in [1.29, 1.82) is 0 Å². The van der Waals surface area contributed by atoms with Gasteiger partial charge >= 0.3 is 6.18 Å². The number of thiocarbonyl (C=S) groups is 1. The second-order valence-corrected chi connectivity index (χ2v) is 2.58. The van der Waals surface area contributed by atoms with Crippen LogP contribution in [0.3, 0.4) is 0 Å². The van der Waals surface area contributed by atoms with Crippen LogP contribution in [0.2, 0.25) is 0 Å². The van der Waals surface area contributed by atoms with Gasteiger partial charge in [-0.1, -0.05) is 0 Å². The largest absolute Gasteiger partial charge is 0.507 e. The van der Waals surface area contributed by atoms with Crippen LogP contribution in [-0.4, -0.2) is 10.3 Å². The third-order valence-corrected chi connectivity index (χ3v) is 1.55. The maximum absolute atomic E-state index is 12.1. The number of aliphatic imine (C=N–C) groups is 1. The normalized spacial score (nSPS) is 10.8. The molecule has 6 heteroatoms. The standard InChI is InChI=1S/C8H4F3NOS/c9-8(10,11)6-2-1-5(12-4-14)3-7(6)13/h1-3,13H. The van der Waals surface area contributed by atoms with Crippen LogP contribution in [-0.2, 0) is 6.18 Å². The van der Waals surface area contributed by atoms with Crippen molar-refractivity contribution in [1.82, 2.24) is 0 Å². The Hall–Kier alpha value is -1.39. The van der Waals surface area contributed by atoms with Crippen LogP contribution in [0.1, 0.15) is 5.56 Å². The second kappa shape index (κ2) is 3.77. The summed E-state index contributed by atoms with van der Waals surface area (Å²) < 4.78 is 36.4. The summed E-state index contributed by atoms with van der Waals surface area (Å²) in [6.45, 7) is 0. The van der Waals surface area contributed by atoms with E-state index in [0.717, 1.165) is 18.2 Å². The van der Waals surface area contributed by atoms with E-state index in [-0.39, 0.29) is 5.69 Å². The molecule has 0 saturated carbocycles. The fraction of sp³-hybridized carbons (Fsp3) is 0.125. The maximum Gasteiger partial charge on any atom is 0.419 e. The van der Waals surface area contributed by atoms with E-state index in [1.165, 1.54) is 0 Å². The van der Waals surface area contributed by atoms with Crippen molar-refractivity contribution in [3.63, 3.8) is 0 Å². The highest BCUT2D eigenvalue weighted by Gasteiger charge is 2.33. The number of phenols is 1. The number of nitrogens with zero attached hydrogens (tertiary/aromatic N) is 1. The zero-order valence-corrected chi connectivity index (χ0v) is 7.49. The Balaban J connectivity index is 3.20. The van der Waals surface area contributed by atoms with Crippen LogP contribution >= 0.6 is 12.2 Å². The number of phenolic OH excluding ortho intramolecular Hbond substituents is 1. The van der Waals surface area contributed by atoms with Crippen molar-refractivity contribution >= 4 is 23.1 Å². The summed E-state index contributed by atoms with van der Waals surface area (Å²) in [5.74, 6) is -0.871. The first-order valence-electron chi connectivity index (χ1n) is 3.43. The van der Waals surface area contributed by atoms with E-state index < -0.39 is 17.5 Å². The van der Waals surface area contributed by atoms with Gasteiger partial charge in [-0.3, -0.25) is 0 Å². The predicted molar refractivity (Wildman–Crippen MR) is 47.8 cm³/mol. The first-order chi connectivity index (χ1) is 6.45. The summed E-state index contributed by atoms with van der Waals surface area (Å²) in [5.41, 5.74) is -0.966. The van der Waals surface area contributed by atoms with Crippen molar-refractivity contribution < 1.29 is 18.3 Å². The van der Waals surface area contributed by atoms with Crippen molar-refractivity contribution in [3.8, 4) is 5.75 Å². The Labute approximate surface area is 82.7 Å². The van der Waals surface area contributed by atoms with E-state index in [2.05, 4.69) is 17.2 Å². The number of rotatable bonds is 1. The Bertz CT molecular complexity index is 396. The highest BCUT2D eigenvalue weighted by Crippen LogP contribution is 2.37. The molecule has 2 nitrogen and oxygen atoms in total. The van der Waals surface area contributed by atoms with Crippen molar-refractivity contribution in [3.05, 3.63) is 23.8 Å². The first-order valence-corrected chi connectivity index (χ1v) is 3.84. The number of halogens is 3. The number of hydrogen-bond acceptors (Lipinski definition) is 3. The van der Waals surface area contributed by atoms with Gasteiger partial charge in [0.15, 0.2) is 0 Å². The number of aromatic hydroxyl groups is 1. The lowest BCUT2D eigenvalue weighted by atomic mass is 10.2. The summed E-state index contributed by atoms with van der Waals surface area (Å²) in [6.07, 6.45) is -4.57. The molecule has 0 aromatic heterocycles. The Morgan fingerprint density at radius 2 is 2.00 bits per heavy atom. The average Bonchev–Trinajstić information content (AvgIpc) is 2.02. The van der Waals surface area contributed by atoms with Crippen molar-refractivity contribution in [2.75, 3.05) is 0 Å². The molecule has 0 amide bonds. The topological polar surface area (TPSA) is 32.6 Å². The number of benzene rings is 1. The molecule has 0 aliphatic heterocycles. The molecule has 1 aromatic carbocycles.